The van der Waals surface area contributed by atoms with Crippen molar-refractivity contribution in [3.63, 3.8) is 0 Å². The van der Waals surface area contributed by atoms with Crippen molar-refractivity contribution in [1.82, 2.24) is 10.0 Å². The van der Waals surface area contributed by atoms with E-state index in [4.69, 9.17) is 9.57 Å². The topological polar surface area (TPSA) is 63.7 Å². The molecule has 0 unspecified atom stereocenters. The summed E-state index contributed by atoms with van der Waals surface area (Å²) in [6.07, 6.45) is -3.14. The van der Waals surface area contributed by atoms with Crippen LogP contribution in [0.1, 0.15) is 11.1 Å². The van der Waals surface area contributed by atoms with E-state index >= 15 is 0 Å². The van der Waals surface area contributed by atoms with Gasteiger partial charge >= 0.3 is 12.2 Å². The molecule has 1 aromatic heterocycles. The number of urea groups is 1. The van der Waals surface area contributed by atoms with E-state index in [9.17, 15) is 18.0 Å². The number of pyridine rings is 1. The molecule has 9 heteroatoms. The van der Waals surface area contributed by atoms with Crippen LogP contribution < -0.4 is 10.1 Å². The Labute approximate surface area is 148 Å². The van der Waals surface area contributed by atoms with Crippen molar-refractivity contribution in [2.45, 2.75) is 12.6 Å². The Morgan fingerprint density at radius 3 is 2.42 bits per heavy atom. The molecule has 2 rings (SSSR count). The quantitative estimate of drug-likeness (QED) is 0.788. The zero-order valence-electron chi connectivity index (χ0n) is 14.2. The molecule has 1 heterocycles. The Bertz CT molecular complexity index is 719. The lowest BCUT2D eigenvalue weighted by Crippen LogP contribution is -2.30. The average Bonchev–Trinajstić information content (AvgIpc) is 2.62. The Balaban J connectivity index is 1.82. The first kappa shape index (κ1) is 19.5. The fourth-order valence-electron chi connectivity index (χ4n) is 1.95. The summed E-state index contributed by atoms with van der Waals surface area (Å²) in [7, 11) is 2.87. The third kappa shape index (κ3) is 5.62. The van der Waals surface area contributed by atoms with Gasteiger partial charge in [-0.15, -0.1) is 0 Å². The lowest BCUT2D eigenvalue weighted by molar-refractivity contribution is -0.137. The summed E-state index contributed by atoms with van der Waals surface area (Å²) in [6, 6.07) is 8.79. The molecule has 0 aliphatic rings. The smallest absolute Gasteiger partial charge is 0.417 e. The van der Waals surface area contributed by atoms with Crippen LogP contribution in [0.5, 0.6) is 5.88 Å². The second-order valence-corrected chi connectivity index (χ2v) is 5.29. The first-order valence-electron chi connectivity index (χ1n) is 7.63. The SMILES string of the molecule is CON(C)C(=O)Nc1ccc(CCOc2ccc(C(F)(F)F)cn2)cc1. The number of hydroxylamine groups is 2. The van der Waals surface area contributed by atoms with Gasteiger partial charge in [-0.3, -0.25) is 4.84 Å². The minimum absolute atomic E-state index is 0.129. The van der Waals surface area contributed by atoms with Crippen molar-refractivity contribution in [2.24, 2.45) is 0 Å². The number of nitrogens with zero attached hydrogens (tertiary/aromatic N) is 2. The molecule has 1 N–H and O–H groups in total. The minimum Gasteiger partial charge on any atom is -0.477 e. The number of ether oxygens (including phenoxy) is 1. The van der Waals surface area contributed by atoms with Gasteiger partial charge in [0.2, 0.25) is 5.88 Å². The molecule has 0 bridgehead atoms. The highest BCUT2D eigenvalue weighted by atomic mass is 19.4. The number of rotatable bonds is 6. The van der Waals surface area contributed by atoms with E-state index in [-0.39, 0.29) is 12.5 Å². The average molecular weight is 369 g/mol. The summed E-state index contributed by atoms with van der Waals surface area (Å²) in [5.74, 6) is 0.129. The summed E-state index contributed by atoms with van der Waals surface area (Å²) < 4.78 is 42.7. The van der Waals surface area contributed by atoms with Gasteiger partial charge in [0.15, 0.2) is 0 Å². The van der Waals surface area contributed by atoms with Crippen molar-refractivity contribution in [2.75, 3.05) is 26.1 Å². The van der Waals surface area contributed by atoms with E-state index in [1.807, 2.05) is 12.1 Å². The van der Waals surface area contributed by atoms with Gasteiger partial charge in [-0.2, -0.15) is 13.2 Å². The molecular weight excluding hydrogens is 351 g/mol. The maximum atomic E-state index is 12.5. The molecule has 0 radical (unpaired) electrons. The number of halogens is 3. The summed E-state index contributed by atoms with van der Waals surface area (Å²) in [4.78, 5) is 20.0. The molecule has 0 aliphatic heterocycles. The van der Waals surface area contributed by atoms with Crippen LogP contribution in [0.3, 0.4) is 0 Å². The molecule has 0 spiro atoms. The van der Waals surface area contributed by atoms with Gasteiger partial charge in [0, 0.05) is 31.4 Å². The number of aromatic nitrogens is 1. The van der Waals surface area contributed by atoms with Crippen molar-refractivity contribution in [3.8, 4) is 5.88 Å². The number of hydrogen-bond acceptors (Lipinski definition) is 4. The Morgan fingerprint density at radius 1 is 1.19 bits per heavy atom. The second-order valence-electron chi connectivity index (χ2n) is 5.29. The van der Waals surface area contributed by atoms with E-state index < -0.39 is 17.8 Å². The maximum Gasteiger partial charge on any atom is 0.417 e. The second kappa shape index (κ2) is 8.52. The molecule has 26 heavy (non-hydrogen) atoms. The van der Waals surface area contributed by atoms with Crippen LogP contribution >= 0.6 is 0 Å². The van der Waals surface area contributed by atoms with Gasteiger partial charge in [-0.25, -0.2) is 14.8 Å². The lowest BCUT2D eigenvalue weighted by atomic mass is 10.1. The first-order valence-corrected chi connectivity index (χ1v) is 7.63. The number of carbonyl (C=O) groups is 1. The Kier molecular flexibility index (Phi) is 6.40. The molecule has 0 saturated carbocycles. The maximum absolute atomic E-state index is 12.5. The van der Waals surface area contributed by atoms with E-state index in [1.54, 1.807) is 12.1 Å². The molecule has 140 valence electrons. The van der Waals surface area contributed by atoms with Crippen LogP contribution in [0, 0.1) is 0 Å². The third-order valence-corrected chi connectivity index (χ3v) is 3.47. The monoisotopic (exact) mass is 369 g/mol. The predicted octanol–water partition coefficient (Wildman–Crippen LogP) is 3.75. The van der Waals surface area contributed by atoms with Gasteiger partial charge in [-0.05, 0) is 23.8 Å². The van der Waals surface area contributed by atoms with Gasteiger partial charge in [0.1, 0.15) is 0 Å². The fourth-order valence-corrected chi connectivity index (χ4v) is 1.95. The standard InChI is InChI=1S/C17H18F3N3O3/c1-23(25-2)16(24)22-14-6-3-12(4-7-14)9-10-26-15-8-5-13(11-21-15)17(18,19)20/h3-8,11H,9-10H2,1-2H3,(H,22,24). The van der Waals surface area contributed by atoms with Crippen LogP contribution in [-0.2, 0) is 17.4 Å². The van der Waals surface area contributed by atoms with Crippen LogP contribution in [0.15, 0.2) is 42.6 Å². The lowest BCUT2D eigenvalue weighted by Gasteiger charge is -2.14. The van der Waals surface area contributed by atoms with E-state index in [0.29, 0.717) is 12.1 Å². The van der Waals surface area contributed by atoms with Crippen molar-refractivity contribution in [1.29, 1.82) is 0 Å². The van der Waals surface area contributed by atoms with Crippen LogP contribution in [0.2, 0.25) is 0 Å². The van der Waals surface area contributed by atoms with Crippen molar-refractivity contribution in [3.05, 3.63) is 53.7 Å². The Hall–Kier alpha value is -2.81. The van der Waals surface area contributed by atoms with E-state index in [1.165, 1.54) is 20.2 Å². The fraction of sp³-hybridized carbons (Fsp3) is 0.294. The summed E-state index contributed by atoms with van der Waals surface area (Å²) in [6.45, 7) is 0.260. The highest BCUT2D eigenvalue weighted by Crippen LogP contribution is 2.29. The van der Waals surface area contributed by atoms with Crippen LogP contribution in [0.4, 0.5) is 23.7 Å². The molecule has 2 amide bonds. The number of hydrogen-bond donors (Lipinski definition) is 1. The van der Waals surface area contributed by atoms with Crippen LogP contribution in [-0.4, -0.2) is 36.8 Å². The number of anilines is 1. The molecular formula is C17H18F3N3O3. The molecule has 0 atom stereocenters. The first-order chi connectivity index (χ1) is 12.3. The number of nitrogens with one attached hydrogen (secondary N) is 1. The molecule has 0 saturated heterocycles. The van der Waals surface area contributed by atoms with E-state index in [0.717, 1.165) is 22.9 Å². The van der Waals surface area contributed by atoms with Crippen molar-refractivity contribution < 1.29 is 27.5 Å². The Morgan fingerprint density at radius 2 is 1.88 bits per heavy atom. The molecule has 6 nitrogen and oxygen atoms in total. The molecule has 2 aromatic rings. The highest BCUT2D eigenvalue weighted by Gasteiger charge is 2.30. The van der Waals surface area contributed by atoms with Gasteiger partial charge < -0.3 is 10.1 Å². The number of benzene rings is 1. The van der Waals surface area contributed by atoms with Crippen LogP contribution in [0.25, 0.3) is 0 Å². The summed E-state index contributed by atoms with van der Waals surface area (Å²) in [5, 5.41) is 3.70. The number of amides is 2. The number of carbonyl (C=O) groups excluding carboxylic acids is 1. The van der Waals surface area contributed by atoms with Gasteiger partial charge in [0.25, 0.3) is 0 Å². The van der Waals surface area contributed by atoms with Gasteiger partial charge in [0.05, 0.1) is 19.3 Å². The normalized spacial score (nSPS) is 11.1. The summed E-state index contributed by atoms with van der Waals surface area (Å²) >= 11 is 0. The summed E-state index contributed by atoms with van der Waals surface area (Å²) in [5.41, 5.74) is 0.726. The minimum atomic E-state index is -4.42. The molecule has 0 aliphatic carbocycles. The zero-order chi connectivity index (χ0) is 19.2. The van der Waals surface area contributed by atoms with Crippen molar-refractivity contribution >= 4 is 11.7 Å². The largest absolute Gasteiger partial charge is 0.477 e. The highest BCUT2D eigenvalue weighted by molar-refractivity contribution is 5.88. The third-order valence-electron chi connectivity index (χ3n) is 3.47. The molecule has 1 aromatic carbocycles. The zero-order valence-corrected chi connectivity index (χ0v) is 14.2. The van der Waals surface area contributed by atoms with E-state index in [2.05, 4.69) is 10.3 Å². The predicted molar refractivity (Wildman–Crippen MR) is 88.7 cm³/mol. The number of alkyl halides is 3. The molecule has 0 fully saturated rings. The van der Waals surface area contributed by atoms with Gasteiger partial charge in [-0.1, -0.05) is 12.1 Å².